The molecule has 0 unspecified atom stereocenters. The van der Waals surface area contributed by atoms with Crippen LogP contribution in [0.1, 0.15) is 17.4 Å². The summed E-state index contributed by atoms with van der Waals surface area (Å²) in [6.45, 7) is 6.11. The van der Waals surface area contributed by atoms with Gasteiger partial charge in [0.25, 0.3) is 5.56 Å². The number of nitrogens with zero attached hydrogens (tertiary/aromatic N) is 1. The van der Waals surface area contributed by atoms with Crippen LogP contribution in [0.3, 0.4) is 0 Å². The number of hydrogen-bond acceptors (Lipinski definition) is 4. The van der Waals surface area contributed by atoms with E-state index in [0.29, 0.717) is 6.61 Å². The zero-order valence-electron chi connectivity index (χ0n) is 10.0. The highest BCUT2D eigenvalue weighted by atomic mass is 16.5. The smallest absolute Gasteiger partial charge is 0.352 e. The molecule has 0 aromatic carbocycles. The summed E-state index contributed by atoms with van der Waals surface area (Å²) in [6, 6.07) is 1.99. The van der Waals surface area contributed by atoms with Crippen LogP contribution in [0.25, 0.3) is 0 Å². The summed E-state index contributed by atoms with van der Waals surface area (Å²) in [5.74, 6) is -1.64. The van der Waals surface area contributed by atoms with E-state index in [-0.39, 0.29) is 24.6 Å². The Hall–Kier alpha value is -2.08. The maximum absolute atomic E-state index is 11.6. The first-order chi connectivity index (χ1) is 8.41. The van der Waals surface area contributed by atoms with E-state index in [4.69, 9.17) is 9.84 Å². The molecule has 0 radical (unpaired) electrons. The second-order valence-corrected chi connectivity index (χ2v) is 3.90. The normalized spacial score (nSPS) is 10.3. The fraction of sp³-hybridized carbons (Fsp3) is 0.333. The van der Waals surface area contributed by atoms with E-state index in [9.17, 15) is 14.7 Å². The molecule has 0 bridgehead atoms. The lowest BCUT2D eigenvalue weighted by molar-refractivity contribution is 0.0678. The predicted octanol–water partition coefficient (Wildman–Crippen LogP) is 0.845. The van der Waals surface area contributed by atoms with Crippen LogP contribution >= 0.6 is 0 Å². The largest absolute Gasteiger partial charge is 0.508 e. The molecule has 0 amide bonds. The van der Waals surface area contributed by atoms with E-state index in [0.717, 1.165) is 22.3 Å². The van der Waals surface area contributed by atoms with Gasteiger partial charge in [-0.3, -0.25) is 9.36 Å². The third-order valence-corrected chi connectivity index (χ3v) is 2.14. The van der Waals surface area contributed by atoms with Crippen LogP contribution in [0.5, 0.6) is 5.75 Å². The summed E-state index contributed by atoms with van der Waals surface area (Å²) < 4.78 is 6.25. The minimum absolute atomic E-state index is 0.105. The van der Waals surface area contributed by atoms with Crippen LogP contribution in [0, 0.1) is 0 Å². The van der Waals surface area contributed by atoms with Crippen molar-refractivity contribution in [3.8, 4) is 5.75 Å². The van der Waals surface area contributed by atoms with Crippen LogP contribution in [0.15, 0.2) is 29.1 Å². The molecule has 1 heterocycles. The lowest BCUT2D eigenvalue weighted by atomic mass is 10.3. The Morgan fingerprint density at radius 2 is 2.17 bits per heavy atom. The highest BCUT2D eigenvalue weighted by Gasteiger charge is 2.12. The van der Waals surface area contributed by atoms with E-state index < -0.39 is 11.5 Å². The molecule has 2 N–H and O–H groups in total. The van der Waals surface area contributed by atoms with Crippen LogP contribution < -0.4 is 5.56 Å². The first-order valence-electron chi connectivity index (χ1n) is 5.31. The Bertz CT molecular complexity index is 518. The molecule has 0 aliphatic rings. The molecule has 0 aliphatic heterocycles. The number of carboxylic acids is 1. The van der Waals surface area contributed by atoms with Gasteiger partial charge in [0, 0.05) is 18.7 Å². The number of aromatic hydroxyl groups is 1. The van der Waals surface area contributed by atoms with Crippen LogP contribution in [0.2, 0.25) is 0 Å². The van der Waals surface area contributed by atoms with Crippen molar-refractivity contribution < 1.29 is 19.7 Å². The molecule has 6 nitrogen and oxygen atoms in total. The van der Waals surface area contributed by atoms with Crippen molar-refractivity contribution in [1.82, 2.24) is 4.57 Å². The van der Waals surface area contributed by atoms with Crippen LogP contribution in [-0.4, -0.2) is 34.0 Å². The Balaban J connectivity index is 2.84. The molecule has 1 aromatic heterocycles. The summed E-state index contributed by atoms with van der Waals surface area (Å²) in [6.07, 6.45) is 0. The summed E-state index contributed by atoms with van der Waals surface area (Å²) in [5.41, 5.74) is -0.00300. The Morgan fingerprint density at radius 3 is 2.72 bits per heavy atom. The predicted molar refractivity (Wildman–Crippen MR) is 65.0 cm³/mol. The Morgan fingerprint density at radius 1 is 1.50 bits per heavy atom. The Labute approximate surface area is 104 Å². The number of aromatic nitrogens is 1. The molecule has 0 atom stereocenters. The summed E-state index contributed by atoms with van der Waals surface area (Å²) in [4.78, 5) is 22.5. The van der Waals surface area contributed by atoms with Gasteiger partial charge in [0.2, 0.25) is 0 Å². The van der Waals surface area contributed by atoms with Gasteiger partial charge in [0.05, 0.1) is 13.2 Å². The molecular formula is C12H15NO5. The average Bonchev–Trinajstić information content (AvgIpc) is 2.25. The quantitative estimate of drug-likeness (QED) is 0.579. The van der Waals surface area contributed by atoms with Crippen molar-refractivity contribution in [3.63, 3.8) is 0 Å². The number of rotatable bonds is 6. The SMILES string of the molecule is C=C(C)COCCn1c(C(=O)O)cc(O)cc1=O. The van der Waals surface area contributed by atoms with Gasteiger partial charge < -0.3 is 14.9 Å². The van der Waals surface area contributed by atoms with Gasteiger partial charge in [0.1, 0.15) is 11.4 Å². The molecule has 1 rings (SSSR count). The number of pyridine rings is 1. The molecule has 18 heavy (non-hydrogen) atoms. The fourth-order valence-electron chi connectivity index (χ4n) is 1.39. The van der Waals surface area contributed by atoms with E-state index in [1.165, 1.54) is 0 Å². The van der Waals surface area contributed by atoms with Crippen molar-refractivity contribution in [1.29, 1.82) is 0 Å². The van der Waals surface area contributed by atoms with Gasteiger partial charge in [-0.1, -0.05) is 12.2 Å². The monoisotopic (exact) mass is 253 g/mol. The first-order valence-corrected chi connectivity index (χ1v) is 5.31. The van der Waals surface area contributed by atoms with Crippen molar-refractivity contribution in [2.75, 3.05) is 13.2 Å². The lowest BCUT2D eigenvalue weighted by Gasteiger charge is -2.10. The van der Waals surface area contributed by atoms with Crippen molar-refractivity contribution >= 4 is 5.97 Å². The van der Waals surface area contributed by atoms with Gasteiger partial charge in [0.15, 0.2) is 0 Å². The van der Waals surface area contributed by atoms with Crippen molar-refractivity contribution in [2.24, 2.45) is 0 Å². The number of carboxylic acid groups (broad SMARTS) is 1. The van der Waals surface area contributed by atoms with E-state index in [1.807, 2.05) is 0 Å². The summed E-state index contributed by atoms with van der Waals surface area (Å²) >= 11 is 0. The molecule has 0 aliphatic carbocycles. The Kier molecular flexibility index (Phi) is 4.67. The maximum Gasteiger partial charge on any atom is 0.352 e. The highest BCUT2D eigenvalue weighted by molar-refractivity contribution is 5.86. The van der Waals surface area contributed by atoms with Gasteiger partial charge in [-0.15, -0.1) is 0 Å². The molecule has 0 saturated heterocycles. The zero-order valence-corrected chi connectivity index (χ0v) is 10.0. The number of carbonyl (C=O) groups is 1. The van der Waals surface area contributed by atoms with E-state index in [2.05, 4.69) is 6.58 Å². The van der Waals surface area contributed by atoms with E-state index >= 15 is 0 Å². The molecule has 1 aromatic rings. The minimum Gasteiger partial charge on any atom is -0.508 e. The first kappa shape index (κ1) is 14.0. The van der Waals surface area contributed by atoms with Gasteiger partial charge >= 0.3 is 5.97 Å². The van der Waals surface area contributed by atoms with Gasteiger partial charge in [-0.2, -0.15) is 0 Å². The van der Waals surface area contributed by atoms with Crippen LogP contribution in [-0.2, 0) is 11.3 Å². The molecule has 0 spiro atoms. The zero-order chi connectivity index (χ0) is 13.7. The summed E-state index contributed by atoms with van der Waals surface area (Å²) in [5, 5.41) is 18.1. The van der Waals surface area contributed by atoms with Crippen molar-refractivity contribution in [3.05, 3.63) is 40.3 Å². The summed E-state index contributed by atoms with van der Waals surface area (Å²) in [7, 11) is 0. The van der Waals surface area contributed by atoms with Gasteiger partial charge in [-0.25, -0.2) is 4.79 Å². The third-order valence-electron chi connectivity index (χ3n) is 2.14. The topological polar surface area (TPSA) is 88.8 Å². The van der Waals surface area contributed by atoms with Crippen molar-refractivity contribution in [2.45, 2.75) is 13.5 Å². The maximum atomic E-state index is 11.6. The minimum atomic E-state index is -1.28. The lowest BCUT2D eigenvalue weighted by Crippen LogP contribution is -2.27. The second kappa shape index (κ2) is 6.02. The van der Waals surface area contributed by atoms with E-state index in [1.54, 1.807) is 6.92 Å². The molecule has 0 fully saturated rings. The molecular weight excluding hydrogens is 238 g/mol. The average molecular weight is 253 g/mol. The highest BCUT2D eigenvalue weighted by Crippen LogP contribution is 2.08. The number of ether oxygens (including phenoxy) is 1. The van der Waals surface area contributed by atoms with Crippen LogP contribution in [0.4, 0.5) is 0 Å². The number of hydrogen-bond donors (Lipinski definition) is 2. The fourth-order valence-corrected chi connectivity index (χ4v) is 1.39. The number of aromatic carboxylic acids is 1. The molecule has 98 valence electrons. The third kappa shape index (κ3) is 3.74. The molecule has 6 heteroatoms. The standard InChI is InChI=1S/C12H15NO5/c1-8(2)7-18-4-3-13-10(12(16)17)5-9(14)6-11(13)15/h5-6,14H,1,3-4,7H2,2H3,(H,16,17). The second-order valence-electron chi connectivity index (χ2n) is 3.90. The molecule has 0 saturated carbocycles. The van der Waals surface area contributed by atoms with Gasteiger partial charge in [-0.05, 0) is 6.92 Å².